The van der Waals surface area contributed by atoms with Gasteiger partial charge < -0.3 is 10.6 Å². The first-order valence-electron chi connectivity index (χ1n) is 7.46. The second kappa shape index (κ2) is 7.61. The highest BCUT2D eigenvalue weighted by Gasteiger charge is 2.10. The number of nitrogens with one attached hydrogen (secondary N) is 2. The molecule has 21 heavy (non-hydrogen) atoms. The van der Waals surface area contributed by atoms with Crippen molar-refractivity contribution in [3.63, 3.8) is 0 Å². The van der Waals surface area contributed by atoms with Crippen LogP contribution < -0.4 is 16.2 Å². The Morgan fingerprint density at radius 2 is 2.33 bits per heavy atom. The molecular weight excluding hydrogens is 288 g/mol. The summed E-state index contributed by atoms with van der Waals surface area (Å²) in [6, 6.07) is 0. The Labute approximate surface area is 130 Å². The lowest BCUT2D eigenvalue weighted by Crippen LogP contribution is -2.26. The quantitative estimate of drug-likeness (QED) is 0.791. The summed E-state index contributed by atoms with van der Waals surface area (Å²) in [4.78, 5) is 12.1. The molecule has 2 N–H and O–H groups in total. The monoisotopic (exact) mass is 310 g/mol. The van der Waals surface area contributed by atoms with Crippen LogP contribution >= 0.6 is 11.6 Å². The van der Waals surface area contributed by atoms with E-state index in [0.717, 1.165) is 32.5 Å². The lowest BCUT2D eigenvalue weighted by atomic mass is 10.1. The zero-order chi connectivity index (χ0) is 15.2. The molecule has 1 aromatic rings. The van der Waals surface area contributed by atoms with Crippen LogP contribution in [0.4, 0.5) is 5.69 Å². The number of hydrogen-bond donors (Lipinski definition) is 2. The van der Waals surface area contributed by atoms with E-state index in [2.05, 4.69) is 21.8 Å². The van der Waals surface area contributed by atoms with Gasteiger partial charge in [0, 0.05) is 19.6 Å². The van der Waals surface area contributed by atoms with E-state index in [0.29, 0.717) is 18.2 Å². The van der Waals surface area contributed by atoms with Crippen LogP contribution in [-0.4, -0.2) is 29.4 Å². The van der Waals surface area contributed by atoms with Crippen LogP contribution in [0.1, 0.15) is 26.7 Å². The molecule has 0 fully saturated rings. The summed E-state index contributed by atoms with van der Waals surface area (Å²) >= 11 is 6.14. The average molecular weight is 311 g/mol. The van der Waals surface area contributed by atoms with Gasteiger partial charge in [0.25, 0.3) is 5.56 Å². The van der Waals surface area contributed by atoms with Gasteiger partial charge in [0.2, 0.25) is 0 Å². The van der Waals surface area contributed by atoms with E-state index in [1.54, 1.807) is 6.20 Å². The Kier molecular flexibility index (Phi) is 5.82. The van der Waals surface area contributed by atoms with E-state index in [-0.39, 0.29) is 10.6 Å². The summed E-state index contributed by atoms with van der Waals surface area (Å²) in [6.45, 7) is 7.42. The molecule has 0 aromatic carbocycles. The van der Waals surface area contributed by atoms with Crippen LogP contribution in [0.5, 0.6) is 0 Å². The maximum Gasteiger partial charge on any atom is 0.287 e. The minimum Gasteiger partial charge on any atom is -0.382 e. The predicted molar refractivity (Wildman–Crippen MR) is 87.0 cm³/mol. The Morgan fingerprint density at radius 3 is 3.00 bits per heavy atom. The first-order valence-corrected chi connectivity index (χ1v) is 7.84. The Balaban J connectivity index is 1.96. The Bertz CT molecular complexity index is 565. The summed E-state index contributed by atoms with van der Waals surface area (Å²) in [6.07, 6.45) is 5.92. The van der Waals surface area contributed by atoms with Crippen molar-refractivity contribution in [2.24, 2.45) is 5.92 Å². The van der Waals surface area contributed by atoms with E-state index in [4.69, 9.17) is 11.6 Å². The second-order valence-corrected chi connectivity index (χ2v) is 6.12. The summed E-state index contributed by atoms with van der Waals surface area (Å²) in [5, 5.41) is 10.9. The van der Waals surface area contributed by atoms with Crippen LogP contribution in [0.3, 0.4) is 0 Å². The largest absolute Gasteiger partial charge is 0.382 e. The van der Waals surface area contributed by atoms with Gasteiger partial charge in [-0.15, -0.1) is 0 Å². The molecule has 1 aromatic heterocycles. The van der Waals surface area contributed by atoms with Crippen LogP contribution in [0.25, 0.3) is 0 Å². The van der Waals surface area contributed by atoms with Crippen LogP contribution in [-0.2, 0) is 6.54 Å². The molecule has 1 aliphatic heterocycles. The van der Waals surface area contributed by atoms with Crippen LogP contribution in [0, 0.1) is 5.92 Å². The van der Waals surface area contributed by atoms with E-state index < -0.39 is 0 Å². The highest BCUT2D eigenvalue weighted by Crippen LogP contribution is 2.17. The van der Waals surface area contributed by atoms with Gasteiger partial charge in [-0.25, -0.2) is 4.68 Å². The molecule has 0 radical (unpaired) electrons. The molecule has 0 amide bonds. The molecule has 2 heterocycles. The fraction of sp³-hybridized carbons (Fsp3) is 0.600. The van der Waals surface area contributed by atoms with Gasteiger partial charge in [0.05, 0.1) is 11.9 Å². The minimum atomic E-state index is -0.226. The van der Waals surface area contributed by atoms with Gasteiger partial charge in [-0.2, -0.15) is 5.10 Å². The summed E-state index contributed by atoms with van der Waals surface area (Å²) in [5.74, 6) is 0.358. The molecule has 1 aliphatic rings. The molecule has 5 nitrogen and oxygen atoms in total. The van der Waals surface area contributed by atoms with E-state index in [1.165, 1.54) is 10.3 Å². The number of halogens is 1. The first kappa shape index (κ1) is 16.0. The van der Waals surface area contributed by atoms with Gasteiger partial charge in [-0.05, 0) is 25.3 Å². The molecular formula is C15H23ClN4O. The highest BCUT2D eigenvalue weighted by atomic mass is 35.5. The molecule has 0 aliphatic carbocycles. The number of hydrogen-bond acceptors (Lipinski definition) is 4. The molecule has 0 spiro atoms. The third kappa shape index (κ3) is 4.58. The zero-order valence-corrected chi connectivity index (χ0v) is 13.4. The topological polar surface area (TPSA) is 59.0 Å². The van der Waals surface area contributed by atoms with Gasteiger partial charge in [0.1, 0.15) is 5.02 Å². The third-order valence-corrected chi connectivity index (χ3v) is 3.81. The van der Waals surface area contributed by atoms with Gasteiger partial charge in [-0.3, -0.25) is 4.79 Å². The van der Waals surface area contributed by atoms with Gasteiger partial charge in [-0.1, -0.05) is 37.1 Å². The molecule has 2 rings (SSSR count). The fourth-order valence-electron chi connectivity index (χ4n) is 2.32. The van der Waals surface area contributed by atoms with E-state index in [1.807, 2.05) is 13.8 Å². The Hall–Kier alpha value is -1.33. The normalized spacial score (nSPS) is 15.1. The SMILES string of the molecule is CC(C)Cn1ncc(NCCC2=CCNCC2)c(Cl)c1=O. The van der Waals surface area contributed by atoms with Crippen LogP contribution in [0.2, 0.25) is 5.02 Å². The van der Waals surface area contributed by atoms with E-state index in [9.17, 15) is 4.79 Å². The number of anilines is 1. The maximum absolute atomic E-state index is 12.1. The average Bonchev–Trinajstić information content (AvgIpc) is 2.47. The first-order chi connectivity index (χ1) is 10.1. The zero-order valence-electron chi connectivity index (χ0n) is 12.7. The summed E-state index contributed by atoms with van der Waals surface area (Å²) < 4.78 is 1.42. The lowest BCUT2D eigenvalue weighted by Gasteiger charge is -2.15. The standard InChI is InChI=1S/C15H23ClN4O/c1-11(2)10-20-15(21)14(16)13(9-19-20)18-8-5-12-3-6-17-7-4-12/h3,9,11,17-18H,4-8,10H2,1-2H3. The molecule has 0 saturated heterocycles. The second-order valence-electron chi connectivity index (χ2n) is 5.75. The molecule has 0 atom stereocenters. The van der Waals surface area contributed by atoms with Crippen molar-refractivity contribution in [2.75, 3.05) is 25.0 Å². The molecule has 0 unspecified atom stereocenters. The minimum absolute atomic E-state index is 0.226. The fourth-order valence-corrected chi connectivity index (χ4v) is 2.53. The smallest absolute Gasteiger partial charge is 0.287 e. The molecule has 6 heteroatoms. The Morgan fingerprint density at radius 1 is 1.52 bits per heavy atom. The van der Waals surface area contributed by atoms with E-state index >= 15 is 0 Å². The van der Waals surface area contributed by atoms with Crippen molar-refractivity contribution >= 4 is 17.3 Å². The van der Waals surface area contributed by atoms with Gasteiger partial charge >= 0.3 is 0 Å². The predicted octanol–water partition coefficient (Wildman–Crippen LogP) is 2.27. The van der Waals surface area contributed by atoms with Crippen molar-refractivity contribution in [2.45, 2.75) is 33.2 Å². The van der Waals surface area contributed by atoms with Crippen molar-refractivity contribution < 1.29 is 0 Å². The van der Waals surface area contributed by atoms with Crippen molar-refractivity contribution in [1.29, 1.82) is 0 Å². The summed E-state index contributed by atoms with van der Waals surface area (Å²) in [5.41, 5.74) is 1.84. The number of nitrogens with zero attached hydrogens (tertiary/aromatic N) is 2. The number of rotatable bonds is 6. The van der Waals surface area contributed by atoms with Gasteiger partial charge in [0.15, 0.2) is 0 Å². The molecule has 0 bridgehead atoms. The van der Waals surface area contributed by atoms with Crippen LogP contribution in [0.15, 0.2) is 22.6 Å². The lowest BCUT2D eigenvalue weighted by molar-refractivity contribution is 0.464. The maximum atomic E-state index is 12.1. The van der Waals surface area contributed by atoms with Crippen molar-refractivity contribution in [3.05, 3.63) is 33.2 Å². The summed E-state index contributed by atoms with van der Waals surface area (Å²) in [7, 11) is 0. The third-order valence-electron chi connectivity index (χ3n) is 3.44. The van der Waals surface area contributed by atoms with Crippen molar-refractivity contribution in [3.8, 4) is 0 Å². The highest BCUT2D eigenvalue weighted by molar-refractivity contribution is 6.32. The number of aromatic nitrogens is 2. The molecule has 0 saturated carbocycles. The molecule has 116 valence electrons. The van der Waals surface area contributed by atoms with Crippen molar-refractivity contribution in [1.82, 2.24) is 15.1 Å².